The number of hydrogen-bond donors (Lipinski definition) is 2. The average molecular weight is 378 g/mol. The Morgan fingerprint density at radius 1 is 1.07 bits per heavy atom. The molecular weight excluding hydrogens is 359 g/mol. The number of aromatic amines is 1. The number of nitrogens with one attached hydrogen (secondary N) is 2. The van der Waals surface area contributed by atoms with Gasteiger partial charge in [0.1, 0.15) is 35.1 Å². The normalized spacial score (nSPS) is 12.1. The van der Waals surface area contributed by atoms with Gasteiger partial charge in [-0.1, -0.05) is 12.1 Å². The van der Waals surface area contributed by atoms with Crippen LogP contribution in [0.15, 0.2) is 42.7 Å². The number of anilines is 1. The molecule has 1 atom stereocenters. The summed E-state index contributed by atoms with van der Waals surface area (Å²) in [5, 5.41) is 12.3. The Balaban J connectivity index is 1.80. The van der Waals surface area contributed by atoms with Crippen LogP contribution in [-0.4, -0.2) is 32.3 Å². The minimum atomic E-state index is -0.279. The molecule has 142 valence electrons. The van der Waals surface area contributed by atoms with E-state index in [0.717, 1.165) is 22.3 Å². The number of benzene rings is 2. The third-order valence-electron chi connectivity index (χ3n) is 4.48. The Kier molecular flexibility index (Phi) is 4.60. The lowest BCUT2D eigenvalue weighted by Gasteiger charge is -2.15. The van der Waals surface area contributed by atoms with Crippen molar-refractivity contribution in [3.05, 3.63) is 60.2 Å². The molecule has 0 bridgehead atoms. The molecule has 4 rings (SSSR count). The molecule has 28 heavy (non-hydrogen) atoms. The van der Waals surface area contributed by atoms with Gasteiger partial charge in [0.05, 0.1) is 13.2 Å². The maximum Gasteiger partial charge on any atom is 0.152 e. The van der Waals surface area contributed by atoms with E-state index >= 15 is 0 Å². The molecule has 0 spiro atoms. The van der Waals surface area contributed by atoms with Crippen molar-refractivity contribution in [3.63, 3.8) is 0 Å². The van der Waals surface area contributed by atoms with Crippen LogP contribution < -0.4 is 10.1 Å². The van der Waals surface area contributed by atoms with Crippen LogP contribution in [-0.2, 0) is 0 Å². The molecule has 0 amide bonds. The maximum atomic E-state index is 13.3. The SMILES string of the molecule is COc1cc(-c2ccc(F)cc2)cc2c(NC(C)c3nnc(C)[nH]3)ncnc12. The maximum absolute atomic E-state index is 13.3. The van der Waals surface area contributed by atoms with Gasteiger partial charge in [0.25, 0.3) is 0 Å². The second kappa shape index (κ2) is 7.22. The van der Waals surface area contributed by atoms with Crippen LogP contribution in [0.3, 0.4) is 0 Å². The van der Waals surface area contributed by atoms with Crippen LogP contribution in [0.2, 0.25) is 0 Å². The lowest BCUT2D eigenvalue weighted by atomic mass is 10.0. The first-order valence-electron chi connectivity index (χ1n) is 8.79. The summed E-state index contributed by atoms with van der Waals surface area (Å²) >= 11 is 0. The van der Waals surface area contributed by atoms with Crippen molar-refractivity contribution in [2.45, 2.75) is 19.9 Å². The fourth-order valence-corrected chi connectivity index (χ4v) is 3.05. The first-order valence-corrected chi connectivity index (χ1v) is 8.79. The predicted molar refractivity (Wildman–Crippen MR) is 105 cm³/mol. The highest BCUT2D eigenvalue weighted by molar-refractivity contribution is 5.96. The smallest absolute Gasteiger partial charge is 0.152 e. The van der Waals surface area contributed by atoms with Gasteiger partial charge in [0, 0.05) is 5.39 Å². The van der Waals surface area contributed by atoms with E-state index < -0.39 is 0 Å². The number of aryl methyl sites for hydroxylation is 1. The second-order valence-corrected chi connectivity index (χ2v) is 6.47. The molecule has 0 aliphatic rings. The number of ether oxygens (including phenoxy) is 1. The van der Waals surface area contributed by atoms with Gasteiger partial charge in [0.2, 0.25) is 0 Å². The van der Waals surface area contributed by atoms with E-state index in [1.54, 1.807) is 19.2 Å². The number of aromatic nitrogens is 5. The van der Waals surface area contributed by atoms with Crippen LogP contribution in [0.1, 0.15) is 24.6 Å². The van der Waals surface area contributed by atoms with E-state index in [4.69, 9.17) is 4.74 Å². The van der Waals surface area contributed by atoms with Crippen LogP contribution in [0, 0.1) is 12.7 Å². The molecule has 4 aromatic rings. The lowest BCUT2D eigenvalue weighted by molar-refractivity contribution is 0.419. The molecule has 1 unspecified atom stereocenters. The third-order valence-corrected chi connectivity index (χ3v) is 4.48. The van der Waals surface area contributed by atoms with Crippen molar-refractivity contribution in [1.82, 2.24) is 25.1 Å². The number of rotatable bonds is 5. The largest absolute Gasteiger partial charge is 0.494 e. The first-order chi connectivity index (χ1) is 13.5. The highest BCUT2D eigenvalue weighted by Gasteiger charge is 2.16. The van der Waals surface area contributed by atoms with Crippen LogP contribution in [0.4, 0.5) is 10.2 Å². The van der Waals surface area contributed by atoms with Crippen molar-refractivity contribution in [3.8, 4) is 16.9 Å². The monoisotopic (exact) mass is 378 g/mol. The van der Waals surface area contributed by atoms with Gasteiger partial charge in [-0.05, 0) is 49.2 Å². The average Bonchev–Trinajstić information content (AvgIpc) is 3.14. The summed E-state index contributed by atoms with van der Waals surface area (Å²) < 4.78 is 18.8. The molecule has 2 heterocycles. The fourth-order valence-electron chi connectivity index (χ4n) is 3.05. The van der Waals surface area contributed by atoms with Gasteiger partial charge in [-0.3, -0.25) is 0 Å². The molecule has 0 saturated carbocycles. The number of halogens is 1. The van der Waals surface area contributed by atoms with E-state index in [1.807, 2.05) is 26.0 Å². The Bertz CT molecular complexity index is 1130. The molecule has 0 fully saturated rings. The number of fused-ring (bicyclic) bond motifs is 1. The minimum Gasteiger partial charge on any atom is -0.494 e. The quantitative estimate of drug-likeness (QED) is 0.545. The molecule has 2 aromatic carbocycles. The summed E-state index contributed by atoms with van der Waals surface area (Å²) in [6.07, 6.45) is 1.49. The predicted octanol–water partition coefficient (Wildman–Crippen LogP) is 4.04. The standard InChI is InChI=1S/C20H19FN6O/c1-11(19-25-12(2)26-27-19)24-20-16-8-14(13-4-6-15(21)7-5-13)9-17(28-3)18(16)22-10-23-20/h4-11H,1-3H3,(H,22,23,24)(H,25,26,27). The zero-order chi connectivity index (χ0) is 19.7. The number of methoxy groups -OCH3 is 1. The van der Waals surface area contributed by atoms with E-state index in [0.29, 0.717) is 22.9 Å². The van der Waals surface area contributed by atoms with Crippen LogP contribution in [0.5, 0.6) is 5.75 Å². The second-order valence-electron chi connectivity index (χ2n) is 6.47. The summed E-state index contributed by atoms with van der Waals surface area (Å²) in [5.41, 5.74) is 2.44. The summed E-state index contributed by atoms with van der Waals surface area (Å²) in [5.74, 6) is 2.44. The molecule has 0 aliphatic heterocycles. The number of nitrogens with zero attached hydrogens (tertiary/aromatic N) is 4. The molecule has 8 heteroatoms. The fraction of sp³-hybridized carbons (Fsp3) is 0.200. The molecule has 7 nitrogen and oxygen atoms in total. The van der Waals surface area contributed by atoms with Gasteiger partial charge < -0.3 is 15.0 Å². The summed E-state index contributed by atoms with van der Waals surface area (Å²) in [4.78, 5) is 11.9. The van der Waals surface area contributed by atoms with Gasteiger partial charge in [-0.25, -0.2) is 14.4 Å². The molecule has 2 N–H and O–H groups in total. The van der Waals surface area contributed by atoms with E-state index in [1.165, 1.54) is 18.5 Å². The molecule has 0 saturated heterocycles. The third kappa shape index (κ3) is 3.36. The first kappa shape index (κ1) is 17.8. The summed E-state index contributed by atoms with van der Waals surface area (Å²) in [7, 11) is 1.60. The van der Waals surface area contributed by atoms with Gasteiger partial charge in [0.15, 0.2) is 5.82 Å². The zero-order valence-corrected chi connectivity index (χ0v) is 15.7. The van der Waals surface area contributed by atoms with E-state index in [-0.39, 0.29) is 11.9 Å². The Morgan fingerprint density at radius 2 is 1.86 bits per heavy atom. The summed E-state index contributed by atoms with van der Waals surface area (Å²) in [6, 6.07) is 10.0. The zero-order valence-electron chi connectivity index (χ0n) is 15.7. The molecular formula is C20H19FN6O. The highest BCUT2D eigenvalue weighted by Crippen LogP contribution is 2.34. The number of hydrogen-bond acceptors (Lipinski definition) is 6. The van der Waals surface area contributed by atoms with E-state index in [2.05, 4.69) is 30.5 Å². The Labute approximate surface area is 161 Å². The molecule has 0 radical (unpaired) electrons. The van der Waals surface area contributed by atoms with Crippen molar-refractivity contribution < 1.29 is 9.13 Å². The van der Waals surface area contributed by atoms with Gasteiger partial charge in [-0.2, -0.15) is 0 Å². The van der Waals surface area contributed by atoms with E-state index in [9.17, 15) is 4.39 Å². The van der Waals surface area contributed by atoms with Gasteiger partial charge >= 0.3 is 0 Å². The molecule has 2 aromatic heterocycles. The van der Waals surface area contributed by atoms with Crippen LogP contribution >= 0.6 is 0 Å². The van der Waals surface area contributed by atoms with Crippen molar-refractivity contribution >= 4 is 16.7 Å². The van der Waals surface area contributed by atoms with Crippen molar-refractivity contribution in [2.24, 2.45) is 0 Å². The molecule has 0 aliphatic carbocycles. The van der Waals surface area contributed by atoms with Gasteiger partial charge in [-0.15, -0.1) is 10.2 Å². The highest BCUT2D eigenvalue weighted by atomic mass is 19.1. The number of H-pyrrole nitrogens is 1. The lowest BCUT2D eigenvalue weighted by Crippen LogP contribution is -2.10. The van der Waals surface area contributed by atoms with Crippen molar-refractivity contribution in [2.75, 3.05) is 12.4 Å². The Morgan fingerprint density at radius 3 is 2.54 bits per heavy atom. The van der Waals surface area contributed by atoms with Crippen LogP contribution in [0.25, 0.3) is 22.0 Å². The summed E-state index contributed by atoms with van der Waals surface area (Å²) in [6.45, 7) is 3.82. The Hall–Kier alpha value is -3.55. The van der Waals surface area contributed by atoms with Crippen molar-refractivity contribution in [1.29, 1.82) is 0 Å². The minimum absolute atomic E-state index is 0.139. The topological polar surface area (TPSA) is 88.6 Å².